The summed E-state index contributed by atoms with van der Waals surface area (Å²) in [4.78, 5) is 16.1. The average molecular weight is 326 g/mol. The van der Waals surface area contributed by atoms with Gasteiger partial charge in [0, 0.05) is 11.9 Å². The van der Waals surface area contributed by atoms with Crippen molar-refractivity contribution in [3.05, 3.63) is 65.5 Å². The van der Waals surface area contributed by atoms with Crippen LogP contribution in [0.25, 0.3) is 0 Å². The molecule has 0 aliphatic carbocycles. The van der Waals surface area contributed by atoms with Gasteiger partial charge >= 0.3 is 6.09 Å². The van der Waals surface area contributed by atoms with Crippen molar-refractivity contribution in [1.29, 1.82) is 0 Å². The molecule has 2 atom stereocenters. The summed E-state index contributed by atoms with van der Waals surface area (Å²) in [7, 11) is 0. The van der Waals surface area contributed by atoms with Crippen LogP contribution in [-0.4, -0.2) is 23.7 Å². The first kappa shape index (κ1) is 16.5. The predicted octanol–water partition coefficient (Wildman–Crippen LogP) is 3.54. The third-order valence-electron chi connectivity index (χ3n) is 4.10. The molecule has 1 aliphatic rings. The molecule has 2 heterocycles. The lowest BCUT2D eigenvalue weighted by molar-refractivity contribution is -0.00455. The van der Waals surface area contributed by atoms with Gasteiger partial charge in [0.05, 0.1) is 18.8 Å². The van der Waals surface area contributed by atoms with Crippen molar-refractivity contribution < 1.29 is 14.3 Å². The van der Waals surface area contributed by atoms with Crippen molar-refractivity contribution in [1.82, 2.24) is 10.3 Å². The van der Waals surface area contributed by atoms with Crippen LogP contribution >= 0.6 is 0 Å². The standard InChI is InChI=1S/C19H22N2O3/c1-14-11-16(9-10-20-14)18-8-7-17(13-23-18)21-19(22)24-12-15-5-3-2-4-6-15/h2-6,9-11,17-18H,7-8,12-13H2,1H3,(H,21,22)/t17-,18+/m1/s1. The maximum atomic E-state index is 11.9. The fourth-order valence-electron chi connectivity index (χ4n) is 2.83. The zero-order chi connectivity index (χ0) is 16.8. The van der Waals surface area contributed by atoms with E-state index in [-0.39, 0.29) is 18.8 Å². The molecule has 1 fully saturated rings. The summed E-state index contributed by atoms with van der Waals surface area (Å²) in [6.45, 7) is 2.74. The number of nitrogens with zero attached hydrogens (tertiary/aromatic N) is 1. The highest BCUT2D eigenvalue weighted by molar-refractivity contribution is 5.67. The predicted molar refractivity (Wildman–Crippen MR) is 90.5 cm³/mol. The summed E-state index contributed by atoms with van der Waals surface area (Å²) in [5.74, 6) is 0. The molecule has 0 bridgehead atoms. The Morgan fingerprint density at radius 1 is 1.29 bits per heavy atom. The Bertz CT molecular complexity index is 667. The fraction of sp³-hybridized carbons (Fsp3) is 0.368. The second-order valence-electron chi connectivity index (χ2n) is 6.03. The van der Waals surface area contributed by atoms with Crippen molar-refractivity contribution >= 4 is 6.09 Å². The Hall–Kier alpha value is -2.40. The number of ether oxygens (including phenoxy) is 2. The Balaban J connectivity index is 1.42. The van der Waals surface area contributed by atoms with Crippen molar-refractivity contribution in [2.45, 2.75) is 38.5 Å². The molecule has 5 nitrogen and oxygen atoms in total. The van der Waals surface area contributed by atoms with Gasteiger partial charge in [-0.05, 0) is 43.0 Å². The number of carbonyl (C=O) groups excluding carboxylic acids is 1. The van der Waals surface area contributed by atoms with Gasteiger partial charge in [-0.1, -0.05) is 30.3 Å². The Kier molecular flexibility index (Phi) is 5.43. The lowest BCUT2D eigenvalue weighted by atomic mass is 9.99. The summed E-state index contributed by atoms with van der Waals surface area (Å²) in [6, 6.07) is 13.7. The van der Waals surface area contributed by atoms with Crippen LogP contribution in [0.15, 0.2) is 48.7 Å². The highest BCUT2D eigenvalue weighted by atomic mass is 16.5. The number of rotatable bonds is 4. The first-order valence-corrected chi connectivity index (χ1v) is 8.22. The number of alkyl carbamates (subject to hydrolysis) is 1. The summed E-state index contributed by atoms with van der Waals surface area (Å²) in [5.41, 5.74) is 3.11. The topological polar surface area (TPSA) is 60.5 Å². The second kappa shape index (κ2) is 7.93. The molecule has 24 heavy (non-hydrogen) atoms. The van der Waals surface area contributed by atoms with E-state index in [2.05, 4.69) is 10.3 Å². The largest absolute Gasteiger partial charge is 0.445 e. The van der Waals surface area contributed by atoms with Crippen molar-refractivity contribution in [2.24, 2.45) is 0 Å². The minimum atomic E-state index is -0.398. The molecular weight excluding hydrogens is 304 g/mol. The van der Waals surface area contributed by atoms with Gasteiger partial charge in [0.25, 0.3) is 0 Å². The molecule has 1 N–H and O–H groups in total. The Morgan fingerprint density at radius 3 is 2.83 bits per heavy atom. The van der Waals surface area contributed by atoms with Crippen LogP contribution in [0, 0.1) is 6.92 Å². The number of amides is 1. The van der Waals surface area contributed by atoms with E-state index < -0.39 is 6.09 Å². The van der Waals surface area contributed by atoms with Crippen LogP contribution in [0.2, 0.25) is 0 Å². The highest BCUT2D eigenvalue weighted by Crippen LogP contribution is 2.28. The Labute approximate surface area is 142 Å². The van der Waals surface area contributed by atoms with E-state index in [1.165, 1.54) is 0 Å². The molecule has 1 saturated heterocycles. The van der Waals surface area contributed by atoms with Crippen LogP contribution < -0.4 is 5.32 Å². The molecule has 0 unspecified atom stereocenters. The van der Waals surface area contributed by atoms with E-state index in [0.29, 0.717) is 6.61 Å². The smallest absolute Gasteiger partial charge is 0.407 e. The number of benzene rings is 1. The van der Waals surface area contributed by atoms with Gasteiger partial charge in [0.1, 0.15) is 6.61 Å². The number of nitrogens with one attached hydrogen (secondary N) is 1. The summed E-state index contributed by atoms with van der Waals surface area (Å²) in [6.07, 6.45) is 3.22. The first-order chi connectivity index (χ1) is 11.7. The normalized spacial score (nSPS) is 20.4. The quantitative estimate of drug-likeness (QED) is 0.933. The average Bonchev–Trinajstić information content (AvgIpc) is 2.61. The lowest BCUT2D eigenvalue weighted by Gasteiger charge is -2.29. The van der Waals surface area contributed by atoms with Gasteiger partial charge < -0.3 is 14.8 Å². The van der Waals surface area contributed by atoms with Crippen molar-refractivity contribution in [3.8, 4) is 0 Å². The molecule has 3 rings (SSSR count). The van der Waals surface area contributed by atoms with Gasteiger partial charge in [-0.25, -0.2) is 4.79 Å². The van der Waals surface area contributed by atoms with Gasteiger partial charge in [0.2, 0.25) is 0 Å². The van der Waals surface area contributed by atoms with Crippen LogP contribution in [0.1, 0.15) is 35.8 Å². The fourth-order valence-corrected chi connectivity index (χ4v) is 2.83. The molecule has 2 aromatic rings. The van der Waals surface area contributed by atoms with E-state index in [1.54, 1.807) is 6.20 Å². The summed E-state index contributed by atoms with van der Waals surface area (Å²) >= 11 is 0. The second-order valence-corrected chi connectivity index (χ2v) is 6.03. The van der Waals surface area contributed by atoms with Crippen molar-refractivity contribution in [2.75, 3.05) is 6.61 Å². The van der Waals surface area contributed by atoms with E-state index in [9.17, 15) is 4.79 Å². The van der Waals surface area contributed by atoms with E-state index in [1.807, 2.05) is 49.4 Å². The molecule has 1 aromatic heterocycles. The molecule has 1 amide bonds. The molecular formula is C19H22N2O3. The van der Waals surface area contributed by atoms with Crippen LogP contribution in [0.5, 0.6) is 0 Å². The zero-order valence-electron chi connectivity index (χ0n) is 13.8. The Morgan fingerprint density at radius 2 is 2.12 bits per heavy atom. The van der Waals surface area contributed by atoms with E-state index in [0.717, 1.165) is 29.7 Å². The number of hydrogen-bond donors (Lipinski definition) is 1. The third kappa shape index (κ3) is 4.55. The molecule has 0 spiro atoms. The number of aryl methyl sites for hydroxylation is 1. The molecule has 0 saturated carbocycles. The van der Waals surface area contributed by atoms with Gasteiger partial charge in [-0.15, -0.1) is 0 Å². The minimum absolute atomic E-state index is 0.00698. The van der Waals surface area contributed by atoms with Crippen LogP contribution in [-0.2, 0) is 16.1 Å². The molecule has 5 heteroatoms. The van der Waals surface area contributed by atoms with E-state index >= 15 is 0 Å². The first-order valence-electron chi connectivity index (χ1n) is 8.22. The van der Waals surface area contributed by atoms with Crippen molar-refractivity contribution in [3.63, 3.8) is 0 Å². The molecule has 1 aliphatic heterocycles. The summed E-state index contributed by atoms with van der Waals surface area (Å²) in [5, 5.41) is 2.87. The monoisotopic (exact) mass is 326 g/mol. The molecule has 126 valence electrons. The lowest BCUT2D eigenvalue weighted by Crippen LogP contribution is -2.41. The number of aromatic nitrogens is 1. The molecule has 1 aromatic carbocycles. The third-order valence-corrected chi connectivity index (χ3v) is 4.10. The van der Waals surface area contributed by atoms with Gasteiger partial charge in [-0.3, -0.25) is 4.98 Å². The summed E-state index contributed by atoms with van der Waals surface area (Å²) < 4.78 is 11.1. The molecule has 0 radical (unpaired) electrons. The van der Waals surface area contributed by atoms with E-state index in [4.69, 9.17) is 9.47 Å². The zero-order valence-corrected chi connectivity index (χ0v) is 13.8. The number of pyridine rings is 1. The van der Waals surface area contributed by atoms with Gasteiger partial charge in [0.15, 0.2) is 0 Å². The maximum absolute atomic E-state index is 11.9. The van der Waals surface area contributed by atoms with Gasteiger partial charge in [-0.2, -0.15) is 0 Å². The minimum Gasteiger partial charge on any atom is -0.445 e. The SMILES string of the molecule is Cc1cc([C@@H]2CC[C@@H](NC(=O)OCc3ccccc3)CO2)ccn1. The number of hydrogen-bond acceptors (Lipinski definition) is 4. The van der Waals surface area contributed by atoms with Crippen LogP contribution in [0.4, 0.5) is 4.79 Å². The highest BCUT2D eigenvalue weighted by Gasteiger charge is 2.24. The number of carbonyl (C=O) groups is 1. The maximum Gasteiger partial charge on any atom is 0.407 e. The van der Waals surface area contributed by atoms with Crippen LogP contribution in [0.3, 0.4) is 0 Å².